The summed E-state index contributed by atoms with van der Waals surface area (Å²) in [6.45, 7) is 1.92. The molecule has 2 rings (SSSR count). The second-order valence-electron chi connectivity index (χ2n) is 4.13. The van der Waals surface area contributed by atoms with Gasteiger partial charge >= 0.3 is 5.97 Å². The number of carboxylic acids is 1. The average Bonchev–Trinajstić information content (AvgIpc) is 2.32. The number of carbonyl (C=O) groups is 1. The van der Waals surface area contributed by atoms with Gasteiger partial charge < -0.3 is 16.6 Å². The smallest absolute Gasteiger partial charge is 0.337 e. The van der Waals surface area contributed by atoms with Gasteiger partial charge in [-0.15, -0.1) is 0 Å². The Bertz CT molecular complexity index is 621. The third-order valence-electron chi connectivity index (χ3n) is 2.97. The Hall–Kier alpha value is -2.49. The summed E-state index contributed by atoms with van der Waals surface area (Å²) < 4.78 is 0. The van der Waals surface area contributed by atoms with E-state index in [2.05, 4.69) is 0 Å². The van der Waals surface area contributed by atoms with Crippen molar-refractivity contribution in [3.05, 3.63) is 47.5 Å². The molecule has 4 nitrogen and oxygen atoms in total. The van der Waals surface area contributed by atoms with Gasteiger partial charge in [0.05, 0.1) is 5.56 Å². The van der Waals surface area contributed by atoms with Crippen molar-refractivity contribution in [2.24, 2.45) is 0 Å². The second-order valence-corrected chi connectivity index (χ2v) is 4.13. The number of carboxylic acid groups (broad SMARTS) is 1. The van der Waals surface area contributed by atoms with E-state index in [1.807, 2.05) is 25.1 Å². The molecule has 0 aliphatic rings. The van der Waals surface area contributed by atoms with Crippen LogP contribution in [0.15, 0.2) is 36.4 Å². The summed E-state index contributed by atoms with van der Waals surface area (Å²) in [4.78, 5) is 10.9. The molecule has 92 valence electrons. The summed E-state index contributed by atoms with van der Waals surface area (Å²) in [6.07, 6.45) is 0. The van der Waals surface area contributed by atoms with Crippen LogP contribution in [-0.2, 0) is 0 Å². The minimum Gasteiger partial charge on any atom is -0.478 e. The van der Waals surface area contributed by atoms with Gasteiger partial charge in [0.2, 0.25) is 0 Å². The van der Waals surface area contributed by atoms with E-state index < -0.39 is 5.97 Å². The SMILES string of the molecule is Cc1c(N)cccc1-c1ccc(C(=O)O)c(N)c1. The standard InChI is InChI=1S/C14H14N2O2/c1-8-10(3-2-4-12(8)15)9-5-6-11(14(17)18)13(16)7-9/h2-7H,15-16H2,1H3,(H,17,18). The molecule has 0 fully saturated rings. The Morgan fingerprint density at radius 3 is 2.44 bits per heavy atom. The topological polar surface area (TPSA) is 89.3 Å². The molecule has 0 atom stereocenters. The second kappa shape index (κ2) is 4.41. The lowest BCUT2D eigenvalue weighted by atomic mass is 9.97. The summed E-state index contributed by atoms with van der Waals surface area (Å²) >= 11 is 0. The number of rotatable bonds is 2. The van der Waals surface area contributed by atoms with Gasteiger partial charge in [-0.25, -0.2) is 4.79 Å². The molecule has 0 radical (unpaired) electrons. The summed E-state index contributed by atoms with van der Waals surface area (Å²) in [6, 6.07) is 10.5. The maximum absolute atomic E-state index is 10.9. The van der Waals surface area contributed by atoms with Gasteiger partial charge in [-0.3, -0.25) is 0 Å². The third kappa shape index (κ3) is 2.00. The van der Waals surface area contributed by atoms with Gasteiger partial charge in [0.25, 0.3) is 0 Å². The van der Waals surface area contributed by atoms with Crippen molar-refractivity contribution in [1.82, 2.24) is 0 Å². The van der Waals surface area contributed by atoms with Crippen molar-refractivity contribution < 1.29 is 9.90 Å². The van der Waals surface area contributed by atoms with E-state index >= 15 is 0 Å². The molecule has 0 bridgehead atoms. The lowest BCUT2D eigenvalue weighted by Crippen LogP contribution is -2.02. The molecule has 5 N–H and O–H groups in total. The summed E-state index contributed by atoms with van der Waals surface area (Å²) in [7, 11) is 0. The first-order valence-electron chi connectivity index (χ1n) is 5.49. The molecule has 0 aliphatic heterocycles. The van der Waals surface area contributed by atoms with Gasteiger partial charge in [-0.1, -0.05) is 18.2 Å². The predicted octanol–water partition coefficient (Wildman–Crippen LogP) is 2.52. The highest BCUT2D eigenvalue weighted by atomic mass is 16.4. The Balaban J connectivity index is 2.56. The molecule has 0 unspecified atom stereocenters. The van der Waals surface area contributed by atoms with E-state index in [9.17, 15) is 4.79 Å². The lowest BCUT2D eigenvalue weighted by Gasteiger charge is -2.10. The summed E-state index contributed by atoms with van der Waals surface area (Å²) in [5.74, 6) is -1.02. The molecule has 18 heavy (non-hydrogen) atoms. The fourth-order valence-electron chi connectivity index (χ4n) is 1.89. The molecular weight excluding hydrogens is 228 g/mol. The van der Waals surface area contributed by atoms with Crippen molar-refractivity contribution in [2.75, 3.05) is 11.5 Å². The number of nitrogen functional groups attached to an aromatic ring is 2. The van der Waals surface area contributed by atoms with Crippen LogP contribution in [0.1, 0.15) is 15.9 Å². The van der Waals surface area contributed by atoms with Gasteiger partial charge in [0.1, 0.15) is 0 Å². The highest BCUT2D eigenvalue weighted by molar-refractivity contribution is 5.95. The number of nitrogens with two attached hydrogens (primary N) is 2. The van der Waals surface area contributed by atoms with Crippen LogP contribution in [0, 0.1) is 6.92 Å². The Morgan fingerprint density at radius 1 is 1.11 bits per heavy atom. The van der Waals surface area contributed by atoms with Crippen LogP contribution in [0.25, 0.3) is 11.1 Å². The maximum atomic E-state index is 10.9. The first-order chi connectivity index (χ1) is 8.50. The molecule has 0 heterocycles. The highest BCUT2D eigenvalue weighted by Gasteiger charge is 2.10. The number of hydrogen-bond donors (Lipinski definition) is 3. The fourth-order valence-corrected chi connectivity index (χ4v) is 1.89. The van der Waals surface area contributed by atoms with E-state index in [0.717, 1.165) is 16.7 Å². The number of hydrogen-bond acceptors (Lipinski definition) is 3. The zero-order chi connectivity index (χ0) is 13.3. The fraction of sp³-hybridized carbons (Fsp3) is 0.0714. The number of anilines is 2. The molecule has 2 aromatic rings. The van der Waals surface area contributed by atoms with Crippen molar-refractivity contribution in [3.63, 3.8) is 0 Å². The van der Waals surface area contributed by atoms with Crippen LogP contribution in [0.5, 0.6) is 0 Å². The minimum atomic E-state index is -1.02. The zero-order valence-electron chi connectivity index (χ0n) is 9.97. The summed E-state index contributed by atoms with van der Waals surface area (Å²) in [5.41, 5.74) is 15.4. The molecule has 0 aromatic heterocycles. The molecule has 0 saturated heterocycles. The van der Waals surface area contributed by atoms with E-state index in [1.165, 1.54) is 6.07 Å². The molecule has 2 aromatic carbocycles. The van der Waals surface area contributed by atoms with Gasteiger partial charge in [0, 0.05) is 11.4 Å². The van der Waals surface area contributed by atoms with Crippen LogP contribution in [0.2, 0.25) is 0 Å². The molecule has 0 amide bonds. The number of benzene rings is 2. The first-order valence-corrected chi connectivity index (χ1v) is 5.49. The summed E-state index contributed by atoms with van der Waals surface area (Å²) in [5, 5.41) is 8.93. The lowest BCUT2D eigenvalue weighted by molar-refractivity contribution is 0.0698. The third-order valence-corrected chi connectivity index (χ3v) is 2.97. The molecule has 4 heteroatoms. The molecule has 0 aliphatic carbocycles. The largest absolute Gasteiger partial charge is 0.478 e. The number of aromatic carboxylic acids is 1. The van der Waals surface area contributed by atoms with Crippen LogP contribution in [0.4, 0.5) is 11.4 Å². The van der Waals surface area contributed by atoms with Crippen LogP contribution >= 0.6 is 0 Å². The van der Waals surface area contributed by atoms with Crippen LogP contribution in [-0.4, -0.2) is 11.1 Å². The van der Waals surface area contributed by atoms with Crippen molar-refractivity contribution in [2.45, 2.75) is 6.92 Å². The van der Waals surface area contributed by atoms with Crippen LogP contribution in [0.3, 0.4) is 0 Å². The van der Waals surface area contributed by atoms with Gasteiger partial charge in [0.15, 0.2) is 0 Å². The maximum Gasteiger partial charge on any atom is 0.337 e. The predicted molar refractivity (Wildman–Crippen MR) is 72.4 cm³/mol. The van der Waals surface area contributed by atoms with E-state index in [-0.39, 0.29) is 11.3 Å². The Kier molecular flexibility index (Phi) is 2.93. The van der Waals surface area contributed by atoms with E-state index in [1.54, 1.807) is 12.1 Å². The Labute approximate surface area is 105 Å². The van der Waals surface area contributed by atoms with Gasteiger partial charge in [-0.2, -0.15) is 0 Å². The van der Waals surface area contributed by atoms with Crippen molar-refractivity contribution in [1.29, 1.82) is 0 Å². The van der Waals surface area contributed by atoms with E-state index in [0.29, 0.717) is 5.69 Å². The molecule has 0 spiro atoms. The molecule has 0 saturated carbocycles. The minimum absolute atomic E-state index is 0.111. The van der Waals surface area contributed by atoms with Crippen molar-refractivity contribution >= 4 is 17.3 Å². The monoisotopic (exact) mass is 242 g/mol. The normalized spacial score (nSPS) is 10.3. The van der Waals surface area contributed by atoms with Crippen molar-refractivity contribution in [3.8, 4) is 11.1 Å². The highest BCUT2D eigenvalue weighted by Crippen LogP contribution is 2.29. The first kappa shape index (κ1) is 12.0. The molecular formula is C14H14N2O2. The van der Waals surface area contributed by atoms with E-state index in [4.69, 9.17) is 16.6 Å². The quantitative estimate of drug-likeness (QED) is 0.706. The zero-order valence-corrected chi connectivity index (χ0v) is 9.97. The average molecular weight is 242 g/mol. The van der Waals surface area contributed by atoms with Gasteiger partial charge in [-0.05, 0) is 41.8 Å². The van der Waals surface area contributed by atoms with Crippen LogP contribution < -0.4 is 11.5 Å². The Morgan fingerprint density at radius 2 is 1.83 bits per heavy atom.